The number of amides is 1. The summed E-state index contributed by atoms with van der Waals surface area (Å²) in [5, 5.41) is 0. The lowest BCUT2D eigenvalue weighted by molar-refractivity contribution is -0.120. The summed E-state index contributed by atoms with van der Waals surface area (Å²) in [7, 11) is 4.74. The van der Waals surface area contributed by atoms with Crippen molar-refractivity contribution in [3.8, 4) is 17.2 Å². The quantitative estimate of drug-likeness (QED) is 0.620. The number of esters is 1. The van der Waals surface area contributed by atoms with Gasteiger partial charge in [-0.25, -0.2) is 4.79 Å². The van der Waals surface area contributed by atoms with E-state index in [1.807, 2.05) is 42.3 Å². The van der Waals surface area contributed by atoms with Gasteiger partial charge in [0.15, 0.2) is 18.1 Å². The molecule has 0 saturated carbocycles. The SMILES string of the molecule is COc1cc(C(=O)OCCN(C)c2ccccc2)cc(OC)c1OCC(N)=O. The average Bonchev–Trinajstić information content (AvgIpc) is 2.71. The molecule has 0 aliphatic heterocycles. The molecule has 28 heavy (non-hydrogen) atoms. The predicted octanol–water partition coefficient (Wildman–Crippen LogP) is 1.86. The van der Waals surface area contributed by atoms with Crippen molar-refractivity contribution >= 4 is 17.6 Å². The first-order valence-corrected chi connectivity index (χ1v) is 8.56. The average molecular weight is 388 g/mol. The lowest BCUT2D eigenvalue weighted by Gasteiger charge is -2.19. The highest BCUT2D eigenvalue weighted by atomic mass is 16.5. The Morgan fingerprint density at radius 1 is 1.04 bits per heavy atom. The van der Waals surface area contributed by atoms with E-state index in [0.717, 1.165) is 5.69 Å². The predicted molar refractivity (Wildman–Crippen MR) is 104 cm³/mol. The van der Waals surface area contributed by atoms with Gasteiger partial charge in [0.2, 0.25) is 5.75 Å². The van der Waals surface area contributed by atoms with Crippen molar-refractivity contribution in [2.45, 2.75) is 0 Å². The van der Waals surface area contributed by atoms with Gasteiger partial charge in [-0.15, -0.1) is 0 Å². The van der Waals surface area contributed by atoms with E-state index in [0.29, 0.717) is 6.54 Å². The Hall–Kier alpha value is -3.42. The Morgan fingerprint density at radius 3 is 2.18 bits per heavy atom. The van der Waals surface area contributed by atoms with Gasteiger partial charge in [0.25, 0.3) is 5.91 Å². The maximum atomic E-state index is 12.4. The number of ether oxygens (including phenoxy) is 4. The normalized spacial score (nSPS) is 10.1. The highest BCUT2D eigenvalue weighted by Gasteiger charge is 2.19. The third kappa shape index (κ3) is 5.54. The van der Waals surface area contributed by atoms with E-state index in [-0.39, 0.29) is 36.0 Å². The van der Waals surface area contributed by atoms with Crippen LogP contribution in [0.2, 0.25) is 0 Å². The third-order valence-corrected chi connectivity index (χ3v) is 3.91. The lowest BCUT2D eigenvalue weighted by atomic mass is 10.2. The summed E-state index contributed by atoms with van der Waals surface area (Å²) in [4.78, 5) is 25.4. The van der Waals surface area contributed by atoms with Crippen LogP contribution < -0.4 is 24.8 Å². The van der Waals surface area contributed by atoms with Crippen LogP contribution >= 0.6 is 0 Å². The van der Waals surface area contributed by atoms with Crippen LogP contribution in [0.5, 0.6) is 17.2 Å². The maximum Gasteiger partial charge on any atom is 0.338 e. The molecule has 8 heteroatoms. The summed E-state index contributed by atoms with van der Waals surface area (Å²) < 4.78 is 21.2. The maximum absolute atomic E-state index is 12.4. The number of nitrogens with two attached hydrogens (primary N) is 1. The molecule has 0 radical (unpaired) electrons. The van der Waals surface area contributed by atoms with Crippen molar-refractivity contribution in [3.63, 3.8) is 0 Å². The van der Waals surface area contributed by atoms with E-state index in [4.69, 9.17) is 24.7 Å². The van der Waals surface area contributed by atoms with Gasteiger partial charge < -0.3 is 29.6 Å². The molecule has 0 heterocycles. The fraction of sp³-hybridized carbons (Fsp3) is 0.300. The summed E-state index contributed by atoms with van der Waals surface area (Å²) in [6, 6.07) is 12.7. The molecule has 0 aromatic heterocycles. The largest absolute Gasteiger partial charge is 0.493 e. The van der Waals surface area contributed by atoms with Gasteiger partial charge >= 0.3 is 5.97 Å². The van der Waals surface area contributed by atoms with Crippen molar-refractivity contribution < 1.29 is 28.5 Å². The van der Waals surface area contributed by atoms with Crippen LogP contribution in [0.3, 0.4) is 0 Å². The molecule has 8 nitrogen and oxygen atoms in total. The van der Waals surface area contributed by atoms with Crippen molar-refractivity contribution in [3.05, 3.63) is 48.0 Å². The number of carbonyl (C=O) groups is 2. The highest BCUT2D eigenvalue weighted by Crippen LogP contribution is 2.38. The molecule has 1 amide bonds. The number of para-hydroxylation sites is 1. The molecule has 0 saturated heterocycles. The van der Waals surface area contributed by atoms with E-state index in [1.165, 1.54) is 26.4 Å². The van der Waals surface area contributed by atoms with Gasteiger partial charge in [-0.1, -0.05) is 18.2 Å². The minimum atomic E-state index is -0.643. The van der Waals surface area contributed by atoms with Crippen LogP contribution in [-0.4, -0.2) is 52.9 Å². The summed E-state index contributed by atoms with van der Waals surface area (Å²) >= 11 is 0. The number of hydrogen-bond acceptors (Lipinski definition) is 7. The third-order valence-electron chi connectivity index (χ3n) is 3.91. The van der Waals surface area contributed by atoms with Crippen molar-refractivity contribution in [2.24, 2.45) is 5.73 Å². The van der Waals surface area contributed by atoms with E-state index >= 15 is 0 Å². The van der Waals surface area contributed by atoms with E-state index in [2.05, 4.69) is 0 Å². The molecule has 0 unspecified atom stereocenters. The molecule has 0 fully saturated rings. The van der Waals surface area contributed by atoms with Crippen LogP contribution in [0.15, 0.2) is 42.5 Å². The number of nitrogens with zero attached hydrogens (tertiary/aromatic N) is 1. The smallest absolute Gasteiger partial charge is 0.338 e. The van der Waals surface area contributed by atoms with E-state index in [1.54, 1.807) is 0 Å². The summed E-state index contributed by atoms with van der Waals surface area (Å²) in [6.07, 6.45) is 0. The van der Waals surface area contributed by atoms with Gasteiger partial charge in [0.1, 0.15) is 6.61 Å². The zero-order valence-electron chi connectivity index (χ0n) is 16.1. The number of likely N-dealkylation sites (N-methyl/N-ethyl adjacent to an activating group) is 1. The number of methoxy groups -OCH3 is 2. The van der Waals surface area contributed by atoms with Crippen LogP contribution in [0, 0.1) is 0 Å². The number of benzene rings is 2. The number of primary amides is 1. The Bertz CT molecular complexity index is 785. The first-order chi connectivity index (χ1) is 13.5. The molecule has 2 aromatic rings. The van der Waals surface area contributed by atoms with Crippen LogP contribution in [0.4, 0.5) is 5.69 Å². The Labute approximate surface area is 163 Å². The van der Waals surface area contributed by atoms with Crippen LogP contribution in [-0.2, 0) is 9.53 Å². The molecule has 0 aliphatic rings. The Morgan fingerprint density at radius 2 is 1.64 bits per heavy atom. The second-order valence-electron chi connectivity index (χ2n) is 5.86. The molecular formula is C20H24N2O6. The first-order valence-electron chi connectivity index (χ1n) is 8.56. The zero-order valence-corrected chi connectivity index (χ0v) is 16.1. The van der Waals surface area contributed by atoms with Gasteiger partial charge in [0, 0.05) is 12.7 Å². The molecule has 2 N–H and O–H groups in total. The molecule has 150 valence electrons. The fourth-order valence-corrected chi connectivity index (χ4v) is 2.45. The molecule has 0 atom stereocenters. The first kappa shape index (κ1) is 20.9. The number of rotatable bonds is 10. The number of anilines is 1. The minimum absolute atomic E-state index is 0.184. The highest BCUT2D eigenvalue weighted by molar-refractivity contribution is 5.91. The molecule has 2 aromatic carbocycles. The molecule has 0 spiro atoms. The van der Waals surface area contributed by atoms with Gasteiger partial charge in [-0.2, -0.15) is 0 Å². The second-order valence-corrected chi connectivity index (χ2v) is 5.86. The van der Waals surface area contributed by atoms with Crippen molar-refractivity contribution in [1.29, 1.82) is 0 Å². The van der Waals surface area contributed by atoms with Crippen LogP contribution in [0.25, 0.3) is 0 Å². The van der Waals surface area contributed by atoms with Crippen molar-refractivity contribution in [1.82, 2.24) is 0 Å². The monoisotopic (exact) mass is 388 g/mol. The van der Waals surface area contributed by atoms with Crippen molar-refractivity contribution in [2.75, 3.05) is 45.9 Å². The second kappa shape index (κ2) is 10.1. The molecule has 0 aliphatic carbocycles. The molecule has 0 bridgehead atoms. The number of carbonyl (C=O) groups excluding carboxylic acids is 2. The fourth-order valence-electron chi connectivity index (χ4n) is 2.45. The standard InChI is InChI=1S/C20H24N2O6/c1-22(15-7-5-4-6-8-15)9-10-27-20(24)14-11-16(25-2)19(17(12-14)26-3)28-13-18(21)23/h4-8,11-12H,9-10,13H2,1-3H3,(H2,21,23). The topological polar surface area (TPSA) is 100 Å². The molecular weight excluding hydrogens is 364 g/mol. The lowest BCUT2D eigenvalue weighted by Crippen LogP contribution is -2.24. The van der Waals surface area contributed by atoms with Gasteiger partial charge in [-0.3, -0.25) is 4.79 Å². The number of hydrogen-bond donors (Lipinski definition) is 1. The minimum Gasteiger partial charge on any atom is -0.493 e. The van der Waals surface area contributed by atoms with Gasteiger partial charge in [0.05, 0.1) is 26.3 Å². The van der Waals surface area contributed by atoms with E-state index in [9.17, 15) is 9.59 Å². The molecule has 2 rings (SSSR count). The summed E-state index contributed by atoms with van der Waals surface area (Å²) in [5.74, 6) is -0.526. The van der Waals surface area contributed by atoms with E-state index < -0.39 is 11.9 Å². The zero-order chi connectivity index (χ0) is 20.5. The summed E-state index contributed by atoms with van der Waals surface area (Å²) in [6.45, 7) is 0.390. The Kier molecular flexibility index (Phi) is 7.50. The van der Waals surface area contributed by atoms with Gasteiger partial charge in [-0.05, 0) is 24.3 Å². The summed E-state index contributed by atoms with van der Waals surface area (Å²) in [5.41, 5.74) is 6.36. The Balaban J connectivity index is 2.05. The van der Waals surface area contributed by atoms with Crippen LogP contribution in [0.1, 0.15) is 10.4 Å².